The van der Waals surface area contributed by atoms with Gasteiger partial charge in [0.2, 0.25) is 5.91 Å². The largest absolute Gasteiger partial charge is 0.506 e. The Labute approximate surface area is 138 Å². The predicted molar refractivity (Wildman–Crippen MR) is 86.0 cm³/mol. The van der Waals surface area contributed by atoms with Crippen molar-refractivity contribution in [2.45, 2.75) is 26.2 Å². The van der Waals surface area contributed by atoms with Crippen LogP contribution in [0.5, 0.6) is 5.75 Å². The molecule has 3 rings (SSSR count). The van der Waals surface area contributed by atoms with Crippen molar-refractivity contribution in [1.29, 1.82) is 5.26 Å². The van der Waals surface area contributed by atoms with E-state index in [2.05, 4.69) is 9.97 Å². The van der Waals surface area contributed by atoms with Crippen molar-refractivity contribution < 1.29 is 9.90 Å². The summed E-state index contributed by atoms with van der Waals surface area (Å²) in [7, 11) is 0. The molecule has 0 saturated carbocycles. The Morgan fingerprint density at radius 2 is 2.22 bits per heavy atom. The topological polar surface area (TPSA) is 90.1 Å². The van der Waals surface area contributed by atoms with Crippen molar-refractivity contribution in [3.63, 3.8) is 0 Å². The van der Waals surface area contributed by atoms with E-state index in [1.165, 1.54) is 23.6 Å². The number of carbonyl (C=O) groups is 1. The van der Waals surface area contributed by atoms with E-state index in [4.69, 9.17) is 5.26 Å². The maximum Gasteiger partial charge on any atom is 0.228 e. The molecule has 118 valence electrons. The van der Waals surface area contributed by atoms with Gasteiger partial charge in [0.05, 0.1) is 17.7 Å². The summed E-state index contributed by atoms with van der Waals surface area (Å²) in [5.74, 6) is 0.0229. The first-order valence-electron chi connectivity index (χ1n) is 7.42. The van der Waals surface area contributed by atoms with Gasteiger partial charge >= 0.3 is 0 Å². The molecular weight excluding hydrogens is 312 g/mol. The molecule has 0 unspecified atom stereocenters. The number of nitrogens with zero attached hydrogens (tertiary/aromatic N) is 4. The molecule has 1 saturated heterocycles. The fraction of sp³-hybridized carbons (Fsp3) is 0.375. The van der Waals surface area contributed by atoms with E-state index in [1.54, 1.807) is 0 Å². The summed E-state index contributed by atoms with van der Waals surface area (Å²) < 4.78 is 0. The lowest BCUT2D eigenvalue weighted by Crippen LogP contribution is -2.29. The number of amides is 1. The lowest BCUT2D eigenvalue weighted by atomic mass is 10.2. The fourth-order valence-corrected chi connectivity index (χ4v) is 3.53. The van der Waals surface area contributed by atoms with E-state index in [0.29, 0.717) is 16.3 Å². The van der Waals surface area contributed by atoms with Crippen molar-refractivity contribution in [3.8, 4) is 22.5 Å². The third-order valence-corrected chi connectivity index (χ3v) is 4.89. The summed E-state index contributed by atoms with van der Waals surface area (Å²) in [6.45, 7) is 3.56. The monoisotopic (exact) mass is 328 g/mol. The summed E-state index contributed by atoms with van der Waals surface area (Å²) in [6.07, 6.45) is 3.81. The standard InChI is InChI=1S/C16H16N4O2S/c1-10-12(7-14(22)20-4-2-3-5-20)19-16(23-10)15-13(21)6-11(8-17)9-18-15/h6,9,21H,2-5,7H2,1H3. The zero-order valence-electron chi connectivity index (χ0n) is 12.7. The molecule has 1 amide bonds. The van der Waals surface area contributed by atoms with Crippen LogP contribution in [0.2, 0.25) is 0 Å². The molecular formula is C16H16N4O2S. The SMILES string of the molecule is Cc1sc(-c2ncc(C#N)cc2O)nc1CC(=O)N1CCCC1. The van der Waals surface area contributed by atoms with Crippen molar-refractivity contribution in [2.75, 3.05) is 13.1 Å². The highest BCUT2D eigenvalue weighted by Gasteiger charge is 2.21. The van der Waals surface area contributed by atoms with Gasteiger partial charge in [-0.25, -0.2) is 9.97 Å². The molecule has 3 heterocycles. The summed E-state index contributed by atoms with van der Waals surface area (Å²) >= 11 is 1.39. The number of aryl methyl sites for hydroxylation is 1. The van der Waals surface area contributed by atoms with Crippen LogP contribution in [0, 0.1) is 18.3 Å². The van der Waals surface area contributed by atoms with Gasteiger partial charge < -0.3 is 10.0 Å². The van der Waals surface area contributed by atoms with Gasteiger partial charge in [-0.1, -0.05) is 0 Å². The van der Waals surface area contributed by atoms with E-state index < -0.39 is 0 Å². The van der Waals surface area contributed by atoms with Gasteiger partial charge in [0.1, 0.15) is 22.5 Å². The van der Waals surface area contributed by atoms with Crippen LogP contribution in [-0.2, 0) is 11.2 Å². The number of likely N-dealkylation sites (tertiary alicyclic amines) is 1. The number of aromatic nitrogens is 2. The smallest absolute Gasteiger partial charge is 0.228 e. The molecule has 0 bridgehead atoms. The Hall–Kier alpha value is -2.46. The molecule has 1 N–H and O–H groups in total. The van der Waals surface area contributed by atoms with Gasteiger partial charge in [0, 0.05) is 30.2 Å². The Balaban J connectivity index is 1.83. The Bertz CT molecular complexity index is 788. The van der Waals surface area contributed by atoms with E-state index in [0.717, 1.165) is 36.5 Å². The summed E-state index contributed by atoms with van der Waals surface area (Å²) in [6, 6.07) is 3.30. The molecule has 2 aromatic heterocycles. The maximum absolute atomic E-state index is 12.3. The number of nitriles is 1. The second-order valence-corrected chi connectivity index (χ2v) is 6.69. The lowest BCUT2D eigenvalue weighted by Gasteiger charge is -2.14. The molecule has 1 fully saturated rings. The van der Waals surface area contributed by atoms with Crippen LogP contribution in [0.1, 0.15) is 29.0 Å². The minimum Gasteiger partial charge on any atom is -0.506 e. The number of hydrogen-bond donors (Lipinski definition) is 1. The van der Waals surface area contributed by atoms with E-state index in [9.17, 15) is 9.90 Å². The first-order valence-corrected chi connectivity index (χ1v) is 8.23. The highest BCUT2D eigenvalue weighted by molar-refractivity contribution is 7.15. The average Bonchev–Trinajstić information content (AvgIpc) is 3.18. The fourth-order valence-electron chi connectivity index (χ4n) is 2.59. The summed E-state index contributed by atoms with van der Waals surface area (Å²) in [4.78, 5) is 23.7. The molecule has 1 aliphatic heterocycles. The number of pyridine rings is 1. The normalized spacial score (nSPS) is 14.0. The van der Waals surface area contributed by atoms with Gasteiger partial charge in [-0.2, -0.15) is 5.26 Å². The minimum atomic E-state index is -0.0739. The molecule has 0 aromatic carbocycles. The number of rotatable bonds is 3. The molecule has 0 radical (unpaired) electrons. The van der Waals surface area contributed by atoms with Crippen molar-refractivity contribution in [2.24, 2.45) is 0 Å². The van der Waals surface area contributed by atoms with Crippen LogP contribution in [0.25, 0.3) is 10.7 Å². The van der Waals surface area contributed by atoms with E-state index in [-0.39, 0.29) is 18.1 Å². The van der Waals surface area contributed by atoms with Gasteiger partial charge in [-0.15, -0.1) is 11.3 Å². The van der Waals surface area contributed by atoms with Crippen LogP contribution in [0.3, 0.4) is 0 Å². The quantitative estimate of drug-likeness (QED) is 0.933. The molecule has 6 nitrogen and oxygen atoms in total. The van der Waals surface area contributed by atoms with Gasteiger partial charge in [-0.3, -0.25) is 4.79 Å². The lowest BCUT2D eigenvalue weighted by molar-refractivity contribution is -0.129. The van der Waals surface area contributed by atoms with Gasteiger partial charge in [0.15, 0.2) is 0 Å². The first kappa shape index (κ1) is 15.4. The Kier molecular flexibility index (Phi) is 4.26. The highest BCUT2D eigenvalue weighted by atomic mass is 32.1. The molecule has 23 heavy (non-hydrogen) atoms. The number of carbonyl (C=O) groups excluding carboxylic acids is 1. The van der Waals surface area contributed by atoms with E-state index >= 15 is 0 Å². The molecule has 1 aliphatic rings. The molecule has 0 spiro atoms. The van der Waals surface area contributed by atoms with Crippen LogP contribution in [0.15, 0.2) is 12.3 Å². The average molecular weight is 328 g/mol. The summed E-state index contributed by atoms with van der Waals surface area (Å²) in [5, 5.41) is 19.4. The Morgan fingerprint density at radius 3 is 2.87 bits per heavy atom. The number of aromatic hydroxyl groups is 1. The maximum atomic E-state index is 12.3. The third kappa shape index (κ3) is 3.17. The van der Waals surface area contributed by atoms with Crippen molar-refractivity contribution in [3.05, 3.63) is 28.4 Å². The number of hydrogen-bond acceptors (Lipinski definition) is 6. The zero-order chi connectivity index (χ0) is 16.4. The summed E-state index contributed by atoms with van der Waals surface area (Å²) in [5.41, 5.74) is 1.37. The van der Waals surface area contributed by atoms with Crippen LogP contribution < -0.4 is 0 Å². The first-order chi connectivity index (χ1) is 11.1. The van der Waals surface area contributed by atoms with Crippen LogP contribution >= 0.6 is 11.3 Å². The van der Waals surface area contributed by atoms with Gasteiger partial charge in [0.25, 0.3) is 0 Å². The molecule has 7 heteroatoms. The third-order valence-electron chi connectivity index (χ3n) is 3.87. The zero-order valence-corrected chi connectivity index (χ0v) is 13.6. The second kappa shape index (κ2) is 6.34. The van der Waals surface area contributed by atoms with E-state index in [1.807, 2.05) is 17.9 Å². The predicted octanol–water partition coefficient (Wildman–Crippen LogP) is 2.26. The molecule has 0 aliphatic carbocycles. The van der Waals surface area contributed by atoms with Crippen LogP contribution in [-0.4, -0.2) is 39.0 Å². The van der Waals surface area contributed by atoms with Crippen molar-refractivity contribution >= 4 is 17.2 Å². The highest BCUT2D eigenvalue weighted by Crippen LogP contribution is 2.32. The number of thiazole rings is 1. The Morgan fingerprint density at radius 1 is 1.48 bits per heavy atom. The molecule has 0 atom stereocenters. The van der Waals surface area contributed by atoms with Crippen molar-refractivity contribution in [1.82, 2.24) is 14.9 Å². The van der Waals surface area contributed by atoms with Gasteiger partial charge in [-0.05, 0) is 19.8 Å². The second-order valence-electron chi connectivity index (χ2n) is 5.49. The van der Waals surface area contributed by atoms with Crippen LogP contribution in [0.4, 0.5) is 0 Å². The molecule has 2 aromatic rings. The minimum absolute atomic E-state index is 0.0739.